The van der Waals surface area contributed by atoms with Crippen LogP contribution in [0, 0.1) is 0 Å². The molecule has 0 saturated heterocycles. The SMILES string of the molecule is Brc1cccc([Si](c2ccccc2)(c2ccccc2)c2ccc3oc4ccccc4c3c2)c1.Clc1nc(-c2ccccc2)nc(-n2c3ccccc3c3ccccc32)n1.c1ccc(-c2nc(-c3cccc([Si](c4ccccc4)(c4ccccc4)c4ccc5oc6ccccc6c5c4)c3)nc(-n3c4ccccc4c4ccccc43)n2)cc1. The molecule has 0 saturated carbocycles. The molecule has 550 valence electrons. The monoisotopic (exact) mass is 1610 g/mol. The molecule has 0 aliphatic rings. The van der Waals surface area contributed by atoms with Gasteiger partial charge in [0, 0.05) is 64.3 Å². The van der Waals surface area contributed by atoms with Gasteiger partial charge >= 0.3 is 0 Å². The van der Waals surface area contributed by atoms with Crippen LogP contribution in [0.3, 0.4) is 0 Å². The zero-order valence-electron chi connectivity index (χ0n) is 62.4. The van der Waals surface area contributed by atoms with Crippen molar-refractivity contribution in [2.24, 2.45) is 0 Å². The summed E-state index contributed by atoms with van der Waals surface area (Å²) in [6.07, 6.45) is 0. The maximum atomic E-state index is 6.35. The number of hydrogen-bond donors (Lipinski definition) is 0. The Labute approximate surface area is 683 Å². The van der Waals surface area contributed by atoms with Gasteiger partial charge in [0.15, 0.2) is 33.6 Å². The number of aromatic nitrogens is 8. The van der Waals surface area contributed by atoms with E-state index < -0.39 is 16.1 Å². The average molecular weight is 1610 g/mol. The van der Waals surface area contributed by atoms with Crippen molar-refractivity contribution >= 4 is 173 Å². The molecule has 0 aliphatic carbocycles. The summed E-state index contributed by atoms with van der Waals surface area (Å²) in [7, 11) is -5.56. The highest BCUT2D eigenvalue weighted by molar-refractivity contribution is 9.10. The Hall–Kier alpha value is -14.1. The molecule has 22 rings (SSSR count). The molecule has 6 heterocycles. The lowest BCUT2D eigenvalue weighted by Crippen LogP contribution is -2.74. The second kappa shape index (κ2) is 30.5. The van der Waals surface area contributed by atoms with Crippen LogP contribution in [-0.2, 0) is 0 Å². The normalized spacial score (nSPS) is 11.7. The molecule has 116 heavy (non-hydrogen) atoms. The van der Waals surface area contributed by atoms with E-state index in [0.717, 1.165) is 103 Å². The van der Waals surface area contributed by atoms with E-state index >= 15 is 0 Å². The summed E-state index contributed by atoms with van der Waals surface area (Å²) < 4.78 is 17.8. The maximum Gasteiger partial charge on any atom is 0.239 e. The van der Waals surface area contributed by atoms with E-state index in [1.54, 1.807) is 0 Å². The molecule has 0 fully saturated rings. The van der Waals surface area contributed by atoms with Crippen LogP contribution in [0.2, 0.25) is 5.28 Å². The summed E-state index contributed by atoms with van der Waals surface area (Å²) in [6.45, 7) is 0. The quantitative estimate of drug-likeness (QED) is 0.0828. The van der Waals surface area contributed by atoms with Gasteiger partial charge in [0.1, 0.15) is 22.3 Å². The predicted octanol–water partition coefficient (Wildman–Crippen LogP) is 20.6. The molecular formula is C102H68BrClN8O2Si2. The number of nitrogens with zero attached hydrogens (tertiary/aromatic N) is 8. The summed E-state index contributed by atoms with van der Waals surface area (Å²) in [6, 6.07) is 145. The fourth-order valence-electron chi connectivity index (χ4n) is 17.0. The first-order valence-electron chi connectivity index (χ1n) is 38.5. The van der Waals surface area contributed by atoms with Crippen LogP contribution in [0.5, 0.6) is 0 Å². The van der Waals surface area contributed by atoms with Gasteiger partial charge in [0.2, 0.25) is 17.2 Å². The molecule has 0 radical (unpaired) electrons. The largest absolute Gasteiger partial charge is 0.456 e. The van der Waals surface area contributed by atoms with Crippen molar-refractivity contribution in [1.82, 2.24) is 39.0 Å². The topological polar surface area (TPSA) is 113 Å². The Morgan fingerprint density at radius 1 is 0.224 bits per heavy atom. The van der Waals surface area contributed by atoms with Gasteiger partial charge in [-0.2, -0.15) is 24.9 Å². The number of furan rings is 2. The highest BCUT2D eigenvalue weighted by Gasteiger charge is 2.44. The molecule has 22 aromatic rings. The Morgan fingerprint density at radius 2 is 0.517 bits per heavy atom. The van der Waals surface area contributed by atoms with Gasteiger partial charge < -0.3 is 8.83 Å². The lowest BCUT2D eigenvalue weighted by Gasteiger charge is -2.34. The van der Waals surface area contributed by atoms with Crippen LogP contribution in [0.1, 0.15) is 0 Å². The smallest absolute Gasteiger partial charge is 0.239 e. The maximum absolute atomic E-state index is 6.35. The van der Waals surface area contributed by atoms with Gasteiger partial charge in [0.25, 0.3) is 0 Å². The lowest BCUT2D eigenvalue weighted by atomic mass is 10.1. The van der Waals surface area contributed by atoms with Crippen LogP contribution in [0.4, 0.5) is 0 Å². The van der Waals surface area contributed by atoms with Crippen molar-refractivity contribution in [2.45, 2.75) is 0 Å². The molecule has 6 aromatic heterocycles. The first-order valence-corrected chi connectivity index (χ1v) is 43.7. The minimum absolute atomic E-state index is 0.177. The molecule has 0 unspecified atom stereocenters. The summed E-state index contributed by atoms with van der Waals surface area (Å²) >= 11 is 9.99. The minimum atomic E-state index is -2.98. The fourth-order valence-corrected chi connectivity index (χ4v) is 27.4. The van der Waals surface area contributed by atoms with Gasteiger partial charge in [-0.15, -0.1) is 0 Å². The first kappa shape index (κ1) is 71.0. The van der Waals surface area contributed by atoms with E-state index in [9.17, 15) is 0 Å². The van der Waals surface area contributed by atoms with E-state index in [4.69, 9.17) is 40.4 Å². The molecule has 14 heteroatoms. The number of hydrogen-bond acceptors (Lipinski definition) is 8. The van der Waals surface area contributed by atoms with E-state index in [1.807, 2.05) is 102 Å². The van der Waals surface area contributed by atoms with Crippen molar-refractivity contribution in [3.63, 3.8) is 0 Å². The van der Waals surface area contributed by atoms with E-state index in [1.165, 1.54) is 46.9 Å². The zero-order chi connectivity index (χ0) is 77.5. The van der Waals surface area contributed by atoms with Crippen LogP contribution in [0.25, 0.3) is 134 Å². The van der Waals surface area contributed by atoms with Gasteiger partial charge in [0.05, 0.1) is 22.1 Å². The first-order chi connectivity index (χ1) is 57.3. The van der Waals surface area contributed by atoms with E-state index in [-0.39, 0.29) is 5.28 Å². The van der Waals surface area contributed by atoms with Gasteiger partial charge in [-0.05, 0) is 114 Å². The van der Waals surface area contributed by atoms with E-state index in [0.29, 0.717) is 29.4 Å². The highest BCUT2D eigenvalue weighted by Crippen LogP contribution is 2.36. The molecule has 0 atom stereocenters. The zero-order valence-corrected chi connectivity index (χ0v) is 66.8. The van der Waals surface area contributed by atoms with Gasteiger partial charge in [-0.1, -0.05) is 368 Å². The molecule has 10 nitrogen and oxygen atoms in total. The van der Waals surface area contributed by atoms with Gasteiger partial charge in [-0.3, -0.25) is 9.13 Å². The minimum Gasteiger partial charge on any atom is -0.456 e. The number of halogens is 2. The fraction of sp³-hybridized carbons (Fsp3) is 0. The molecule has 0 spiro atoms. The van der Waals surface area contributed by atoms with Crippen LogP contribution >= 0.6 is 27.5 Å². The Balaban J connectivity index is 0.000000124. The van der Waals surface area contributed by atoms with Crippen LogP contribution in [0.15, 0.2) is 426 Å². The Morgan fingerprint density at radius 3 is 0.922 bits per heavy atom. The third-order valence-corrected chi connectivity index (χ3v) is 32.3. The second-order valence-corrected chi connectivity index (χ2v) is 37.5. The summed E-state index contributed by atoms with van der Waals surface area (Å²) in [5.74, 6) is 2.88. The second-order valence-electron chi connectivity index (χ2n) is 28.7. The molecule has 0 amide bonds. The summed E-state index contributed by atoms with van der Waals surface area (Å²) in [5.41, 5.74) is 10.6. The van der Waals surface area contributed by atoms with Crippen molar-refractivity contribution in [1.29, 1.82) is 0 Å². The Bertz CT molecular complexity index is 7210. The van der Waals surface area contributed by atoms with Crippen molar-refractivity contribution in [2.75, 3.05) is 0 Å². The third-order valence-electron chi connectivity index (χ3n) is 22.1. The molecular weight excluding hydrogens is 1540 g/mol. The molecule has 16 aromatic carbocycles. The lowest BCUT2D eigenvalue weighted by molar-refractivity contribution is 0.668. The number of fused-ring (bicyclic) bond motifs is 12. The van der Waals surface area contributed by atoms with Gasteiger partial charge in [-0.25, -0.2) is 4.98 Å². The molecule has 0 N–H and O–H groups in total. The van der Waals surface area contributed by atoms with Crippen LogP contribution in [-0.4, -0.2) is 55.2 Å². The standard InChI is InChI=1S/C51H34N4OSi.C30H21BrOSi.C21H13ClN4/c1-4-17-35(18-5-1)49-52-50(54-51(53-49)55-45-28-13-10-25-41(45)42-26-11-14-29-46(42)55)36-19-16-24-39(33-36)57(37-20-6-2-7-21-37,38-22-8-3-9-23-38)40-31-32-48-44(34-40)43-27-12-15-30-47(43)56-48;31-22-10-9-15-25(20-22)33(23-11-3-1-4-12-23,24-13-5-2-6-14-24)26-18-19-30-28(21-26)27-16-7-8-17-29(27)32-30;22-20-23-19(14-8-2-1-3-9-14)24-21(25-20)26-17-12-6-4-10-15(17)16-11-5-7-13-18(16)26/h1-34H;1-21H;1-13H. The predicted molar refractivity (Wildman–Crippen MR) is 486 cm³/mol. The molecule has 0 aliphatic heterocycles. The Kier molecular flexibility index (Phi) is 18.6. The average Bonchev–Trinajstić information content (AvgIpc) is 0.885. The van der Waals surface area contributed by atoms with Crippen LogP contribution < -0.4 is 41.5 Å². The summed E-state index contributed by atoms with van der Waals surface area (Å²) in [5, 5.41) is 19.8. The van der Waals surface area contributed by atoms with E-state index in [2.05, 4.69) is 346 Å². The number of para-hydroxylation sites is 6. The summed E-state index contributed by atoms with van der Waals surface area (Å²) in [4.78, 5) is 29.1. The third kappa shape index (κ3) is 12.7. The highest BCUT2D eigenvalue weighted by atomic mass is 79.9. The number of benzene rings is 16. The van der Waals surface area contributed by atoms with Crippen molar-refractivity contribution in [3.05, 3.63) is 422 Å². The number of rotatable bonds is 13. The van der Waals surface area contributed by atoms with Crippen molar-refractivity contribution in [3.8, 4) is 46.1 Å². The molecule has 0 bridgehead atoms. The van der Waals surface area contributed by atoms with Crippen molar-refractivity contribution < 1.29 is 8.83 Å².